The van der Waals surface area contributed by atoms with Crippen LogP contribution >= 0.6 is 15.9 Å². The van der Waals surface area contributed by atoms with E-state index in [4.69, 9.17) is 16.6 Å². The number of carboxylic acid groups (broad SMARTS) is 1. The zero-order valence-electron chi connectivity index (χ0n) is 8.20. The van der Waals surface area contributed by atoms with E-state index in [-0.39, 0.29) is 4.69 Å². The average molecular weight is 269 g/mol. The van der Waals surface area contributed by atoms with Gasteiger partial charge in [-0.1, -0.05) is 6.42 Å². The Morgan fingerprint density at radius 3 is 2.14 bits per heavy atom. The van der Waals surface area contributed by atoms with Crippen molar-refractivity contribution in [1.29, 1.82) is 0 Å². The zero-order valence-corrected chi connectivity index (χ0v) is 9.79. The molecule has 0 unspecified atom stereocenters. The second-order valence-corrected chi connectivity index (χ2v) is 3.82. The second kappa shape index (κ2) is 10.6. The van der Waals surface area contributed by atoms with Gasteiger partial charge in [0.25, 0.3) is 0 Å². The Labute approximate surface area is 92.0 Å². The van der Waals surface area contributed by atoms with Crippen molar-refractivity contribution >= 4 is 26.6 Å². The Balaban J connectivity index is 0. The lowest BCUT2D eigenvalue weighted by Gasteiger charge is -2.03. The number of rotatable bonds is 5. The smallest absolute Gasteiger partial charge is 0.320 e. The quantitative estimate of drug-likeness (QED) is 0.496. The minimum Gasteiger partial charge on any atom is -0.480 e. The summed E-state index contributed by atoms with van der Waals surface area (Å²) in [5.74, 6) is -0.933. The van der Waals surface area contributed by atoms with Gasteiger partial charge in [-0.2, -0.15) is 0 Å². The summed E-state index contributed by atoms with van der Waals surface area (Å²) in [4.78, 5) is 19.5. The average Bonchev–Trinajstić information content (AvgIpc) is 2.03. The van der Waals surface area contributed by atoms with Crippen LogP contribution in [0.3, 0.4) is 0 Å². The van der Waals surface area contributed by atoms with Crippen LogP contribution in [0.4, 0.5) is 0 Å². The number of carbonyl (C=O) groups is 2. The third-order valence-electron chi connectivity index (χ3n) is 1.29. The molecule has 0 spiro atoms. The van der Waals surface area contributed by atoms with Crippen LogP contribution in [0.25, 0.3) is 0 Å². The number of aliphatic carboxylic acids is 1. The maximum atomic E-state index is 10.1. The lowest BCUT2D eigenvalue weighted by Crippen LogP contribution is -2.29. The lowest BCUT2D eigenvalue weighted by molar-refractivity contribution is -0.138. The maximum absolute atomic E-state index is 10.1. The molecule has 14 heavy (non-hydrogen) atoms. The molecule has 5 nitrogen and oxygen atoms in total. The highest BCUT2D eigenvalue weighted by Gasteiger charge is 2.09. The van der Waals surface area contributed by atoms with E-state index in [1.54, 1.807) is 0 Å². The number of carbonyl (C=O) groups excluding carboxylic acids is 1. The molecule has 0 amide bonds. The third-order valence-corrected chi connectivity index (χ3v) is 1.29. The largest absolute Gasteiger partial charge is 0.480 e. The molecule has 0 heterocycles. The molecule has 0 bridgehead atoms. The molecule has 0 saturated heterocycles. The summed E-state index contributed by atoms with van der Waals surface area (Å²) in [6, 6.07) is -0.716. The Morgan fingerprint density at radius 1 is 1.43 bits per heavy atom. The lowest BCUT2D eigenvalue weighted by atomic mass is 10.1. The molecule has 0 aliphatic carbocycles. The van der Waals surface area contributed by atoms with Crippen molar-refractivity contribution in [3.63, 3.8) is 0 Å². The number of hydrogen-bond donors (Lipinski definition) is 3. The minimum absolute atomic E-state index is 0.0208. The van der Waals surface area contributed by atoms with Crippen molar-refractivity contribution in [2.24, 2.45) is 11.5 Å². The maximum Gasteiger partial charge on any atom is 0.320 e. The highest BCUT2D eigenvalue weighted by atomic mass is 79.9. The predicted molar refractivity (Wildman–Crippen MR) is 58.1 cm³/mol. The van der Waals surface area contributed by atoms with Gasteiger partial charge in [0.05, 0.1) is 0 Å². The first-order chi connectivity index (χ1) is 6.41. The molecule has 0 aromatic carbocycles. The van der Waals surface area contributed by atoms with E-state index in [2.05, 4.69) is 15.9 Å². The molecule has 0 aromatic heterocycles. The van der Waals surface area contributed by atoms with Crippen LogP contribution in [0, 0.1) is 0 Å². The minimum atomic E-state index is -0.933. The van der Waals surface area contributed by atoms with E-state index in [0.29, 0.717) is 13.0 Å². The molecule has 0 saturated carbocycles. The van der Waals surface area contributed by atoms with E-state index in [0.717, 1.165) is 12.8 Å². The summed E-state index contributed by atoms with van der Waals surface area (Å²) >= 11 is 2.63. The molecule has 0 aliphatic rings. The molecule has 84 valence electrons. The Bertz CT molecular complexity index is 172. The summed E-state index contributed by atoms with van der Waals surface area (Å²) in [6.45, 7) is 2.05. The number of unbranched alkanes of at least 4 members (excludes halogenated alkanes) is 1. The fraction of sp³-hybridized carbons (Fsp3) is 0.750. The topological polar surface area (TPSA) is 106 Å². The van der Waals surface area contributed by atoms with E-state index >= 15 is 0 Å². The first-order valence-corrected chi connectivity index (χ1v) is 5.05. The van der Waals surface area contributed by atoms with Crippen molar-refractivity contribution < 1.29 is 14.7 Å². The van der Waals surface area contributed by atoms with Gasteiger partial charge < -0.3 is 16.6 Å². The van der Waals surface area contributed by atoms with Crippen LogP contribution in [0.1, 0.15) is 26.2 Å². The summed E-state index contributed by atoms with van der Waals surface area (Å²) in [5.41, 5.74) is 10.4. The highest BCUT2D eigenvalue weighted by Crippen LogP contribution is 1.96. The molecule has 0 radical (unpaired) electrons. The van der Waals surface area contributed by atoms with E-state index in [1.807, 2.05) is 0 Å². The SMILES string of the molecule is CC(=O)Br.NCCCC[C@H](N)C(=O)O. The number of halogens is 1. The zero-order chi connectivity index (χ0) is 11.6. The van der Waals surface area contributed by atoms with Crippen LogP contribution in [0.5, 0.6) is 0 Å². The summed E-state index contributed by atoms with van der Waals surface area (Å²) in [7, 11) is 0. The predicted octanol–water partition coefficient (Wildman–Crippen LogP) is 0.455. The molecular weight excluding hydrogens is 252 g/mol. The molecule has 6 heteroatoms. The molecule has 0 aromatic rings. The standard InChI is InChI=1S/C6H14N2O2.C2H3BrO/c7-4-2-1-3-5(8)6(9)10;1-2(3)4/h5H,1-4,7-8H2,(H,9,10);1H3/t5-;/m0./s1. The van der Waals surface area contributed by atoms with Gasteiger partial charge in [-0.25, -0.2) is 0 Å². The molecule has 5 N–H and O–H groups in total. The van der Waals surface area contributed by atoms with Gasteiger partial charge in [0.15, 0.2) is 4.69 Å². The number of nitrogens with two attached hydrogens (primary N) is 2. The summed E-state index contributed by atoms with van der Waals surface area (Å²) in [6.07, 6.45) is 2.16. The van der Waals surface area contributed by atoms with Crippen molar-refractivity contribution in [2.75, 3.05) is 6.54 Å². The van der Waals surface area contributed by atoms with Crippen molar-refractivity contribution in [3.8, 4) is 0 Å². The Morgan fingerprint density at radius 2 is 1.86 bits per heavy atom. The van der Waals surface area contributed by atoms with Crippen LogP contribution in [-0.2, 0) is 9.59 Å². The van der Waals surface area contributed by atoms with Crippen LogP contribution in [-0.4, -0.2) is 28.4 Å². The summed E-state index contributed by atoms with van der Waals surface area (Å²) < 4.78 is -0.0208. The third kappa shape index (κ3) is 17.6. The first-order valence-electron chi connectivity index (χ1n) is 4.26. The highest BCUT2D eigenvalue weighted by molar-refractivity contribution is 9.18. The first kappa shape index (κ1) is 16.0. The second-order valence-electron chi connectivity index (χ2n) is 2.70. The van der Waals surface area contributed by atoms with Crippen LogP contribution in [0.15, 0.2) is 0 Å². The van der Waals surface area contributed by atoms with Gasteiger partial charge in [0.1, 0.15) is 6.04 Å². The number of carboxylic acids is 1. The van der Waals surface area contributed by atoms with Crippen molar-refractivity contribution in [2.45, 2.75) is 32.2 Å². The summed E-state index contributed by atoms with van der Waals surface area (Å²) in [5, 5.41) is 8.33. The Kier molecular flexibility index (Phi) is 12.1. The molecule has 0 aliphatic heterocycles. The number of hydrogen-bond acceptors (Lipinski definition) is 4. The van der Waals surface area contributed by atoms with E-state index < -0.39 is 12.0 Å². The monoisotopic (exact) mass is 268 g/mol. The fourth-order valence-electron chi connectivity index (χ4n) is 0.632. The normalized spacial score (nSPS) is 11.1. The van der Waals surface area contributed by atoms with E-state index in [9.17, 15) is 9.59 Å². The molecule has 0 fully saturated rings. The van der Waals surface area contributed by atoms with E-state index in [1.165, 1.54) is 6.92 Å². The fourth-order valence-corrected chi connectivity index (χ4v) is 0.632. The van der Waals surface area contributed by atoms with Crippen molar-refractivity contribution in [3.05, 3.63) is 0 Å². The molecule has 0 rings (SSSR count). The van der Waals surface area contributed by atoms with Crippen molar-refractivity contribution in [1.82, 2.24) is 0 Å². The van der Waals surface area contributed by atoms with Crippen LogP contribution < -0.4 is 11.5 Å². The van der Waals surface area contributed by atoms with Gasteiger partial charge in [0, 0.05) is 6.92 Å². The van der Waals surface area contributed by atoms with Gasteiger partial charge in [-0.3, -0.25) is 9.59 Å². The molecular formula is C8H17BrN2O3. The van der Waals surface area contributed by atoms with Gasteiger partial charge in [-0.15, -0.1) is 0 Å². The Hall–Kier alpha value is -0.460. The van der Waals surface area contributed by atoms with Gasteiger partial charge >= 0.3 is 5.97 Å². The van der Waals surface area contributed by atoms with Gasteiger partial charge in [0.2, 0.25) is 0 Å². The van der Waals surface area contributed by atoms with Crippen LogP contribution in [0.2, 0.25) is 0 Å². The molecule has 1 atom stereocenters. The van der Waals surface area contributed by atoms with Gasteiger partial charge in [-0.05, 0) is 35.3 Å².